The zero-order chi connectivity index (χ0) is 20.5. The number of benzene rings is 2. The van der Waals surface area contributed by atoms with Gasteiger partial charge in [-0.05, 0) is 54.1 Å². The van der Waals surface area contributed by atoms with Gasteiger partial charge >= 0.3 is 0 Å². The van der Waals surface area contributed by atoms with Gasteiger partial charge in [-0.3, -0.25) is 24.3 Å². The molecule has 2 N–H and O–H groups in total. The Morgan fingerprint density at radius 1 is 1.03 bits per heavy atom. The SMILES string of the molecule is O=C(Nc1ccc(Cl)cc1CN1C(=O)c2ccc(O)cc2C1=O)c1ccccn1. The minimum Gasteiger partial charge on any atom is -0.508 e. The average Bonchev–Trinajstić information content (AvgIpc) is 2.95. The van der Waals surface area contributed by atoms with Crippen LogP contribution in [-0.2, 0) is 6.54 Å². The number of amides is 3. The van der Waals surface area contributed by atoms with Crippen molar-refractivity contribution in [3.8, 4) is 5.75 Å². The van der Waals surface area contributed by atoms with E-state index in [0.29, 0.717) is 16.3 Å². The normalized spacial score (nSPS) is 12.8. The van der Waals surface area contributed by atoms with Gasteiger partial charge < -0.3 is 10.4 Å². The van der Waals surface area contributed by atoms with Gasteiger partial charge in [0.1, 0.15) is 11.4 Å². The molecule has 8 heteroatoms. The van der Waals surface area contributed by atoms with Gasteiger partial charge in [0.15, 0.2) is 0 Å². The summed E-state index contributed by atoms with van der Waals surface area (Å²) in [5.74, 6) is -1.53. The summed E-state index contributed by atoms with van der Waals surface area (Å²) in [4.78, 5) is 42.8. The van der Waals surface area contributed by atoms with Crippen LogP contribution in [0.5, 0.6) is 5.75 Å². The Balaban J connectivity index is 1.63. The summed E-state index contributed by atoms with van der Waals surface area (Å²) in [6.07, 6.45) is 1.51. The van der Waals surface area contributed by atoms with Crippen molar-refractivity contribution in [1.29, 1.82) is 0 Å². The van der Waals surface area contributed by atoms with Gasteiger partial charge in [-0.25, -0.2) is 0 Å². The Kier molecular flexibility index (Phi) is 4.74. The molecular formula is C21H14ClN3O4. The van der Waals surface area contributed by atoms with Gasteiger partial charge in [-0.1, -0.05) is 17.7 Å². The van der Waals surface area contributed by atoms with Crippen LogP contribution >= 0.6 is 11.6 Å². The lowest BCUT2D eigenvalue weighted by Crippen LogP contribution is -2.29. The Labute approximate surface area is 170 Å². The fraction of sp³-hybridized carbons (Fsp3) is 0.0476. The fourth-order valence-electron chi connectivity index (χ4n) is 3.09. The summed E-state index contributed by atoms with van der Waals surface area (Å²) in [6, 6.07) is 13.8. The Morgan fingerprint density at radius 2 is 1.83 bits per heavy atom. The minimum absolute atomic E-state index is 0.0918. The Hall–Kier alpha value is -3.71. The highest BCUT2D eigenvalue weighted by molar-refractivity contribution is 6.30. The molecule has 0 unspecified atom stereocenters. The molecule has 0 radical (unpaired) electrons. The van der Waals surface area contributed by atoms with Crippen molar-refractivity contribution in [1.82, 2.24) is 9.88 Å². The molecule has 0 spiro atoms. The number of carbonyl (C=O) groups excluding carboxylic acids is 3. The molecule has 7 nitrogen and oxygen atoms in total. The maximum Gasteiger partial charge on any atom is 0.274 e. The number of fused-ring (bicyclic) bond motifs is 1. The first-order chi connectivity index (χ1) is 13.9. The van der Waals surface area contributed by atoms with Crippen LogP contribution in [0.2, 0.25) is 5.02 Å². The molecule has 0 saturated heterocycles. The molecule has 3 amide bonds. The number of phenolic OH excluding ortho intramolecular Hbond substituents is 1. The van der Waals surface area contributed by atoms with Crippen LogP contribution in [0.25, 0.3) is 0 Å². The van der Waals surface area contributed by atoms with Crippen LogP contribution in [-0.4, -0.2) is 32.7 Å². The van der Waals surface area contributed by atoms with E-state index in [2.05, 4.69) is 10.3 Å². The number of aromatic hydroxyl groups is 1. The predicted octanol–water partition coefficient (Wildman–Crippen LogP) is 3.49. The van der Waals surface area contributed by atoms with Crippen molar-refractivity contribution in [2.75, 3.05) is 5.32 Å². The number of pyridine rings is 1. The van der Waals surface area contributed by atoms with Gasteiger partial charge in [-0.2, -0.15) is 0 Å². The lowest BCUT2D eigenvalue weighted by Gasteiger charge is -2.17. The monoisotopic (exact) mass is 407 g/mol. The van der Waals surface area contributed by atoms with E-state index in [0.717, 1.165) is 4.90 Å². The smallest absolute Gasteiger partial charge is 0.274 e. The van der Waals surface area contributed by atoms with Crippen LogP contribution in [0, 0.1) is 0 Å². The maximum atomic E-state index is 12.7. The molecule has 0 bridgehead atoms. The van der Waals surface area contributed by atoms with E-state index in [4.69, 9.17) is 11.6 Å². The lowest BCUT2D eigenvalue weighted by atomic mass is 10.1. The van der Waals surface area contributed by atoms with Crippen LogP contribution < -0.4 is 5.32 Å². The van der Waals surface area contributed by atoms with E-state index >= 15 is 0 Å². The first kappa shape index (κ1) is 18.6. The first-order valence-corrected chi connectivity index (χ1v) is 9.02. The number of rotatable bonds is 4. The zero-order valence-corrected chi connectivity index (χ0v) is 15.7. The number of nitrogens with one attached hydrogen (secondary N) is 1. The van der Waals surface area contributed by atoms with E-state index in [9.17, 15) is 19.5 Å². The number of halogens is 1. The molecule has 29 heavy (non-hydrogen) atoms. The van der Waals surface area contributed by atoms with Crippen molar-refractivity contribution in [3.05, 3.63) is 88.2 Å². The summed E-state index contributed by atoms with van der Waals surface area (Å²) in [7, 11) is 0. The highest BCUT2D eigenvalue weighted by Crippen LogP contribution is 2.30. The maximum absolute atomic E-state index is 12.7. The van der Waals surface area contributed by atoms with Crippen molar-refractivity contribution < 1.29 is 19.5 Å². The molecule has 0 saturated carbocycles. The number of aromatic nitrogens is 1. The minimum atomic E-state index is -0.525. The van der Waals surface area contributed by atoms with Gasteiger partial charge in [0.25, 0.3) is 17.7 Å². The molecule has 2 heterocycles. The van der Waals surface area contributed by atoms with Crippen molar-refractivity contribution in [2.24, 2.45) is 0 Å². The third-order valence-electron chi connectivity index (χ3n) is 4.50. The molecule has 144 valence electrons. The molecule has 0 atom stereocenters. The van der Waals surface area contributed by atoms with Crippen LogP contribution in [0.1, 0.15) is 36.8 Å². The molecule has 1 aliphatic heterocycles. The highest BCUT2D eigenvalue weighted by Gasteiger charge is 2.36. The van der Waals surface area contributed by atoms with E-state index in [-0.39, 0.29) is 29.1 Å². The van der Waals surface area contributed by atoms with E-state index in [1.54, 1.807) is 36.4 Å². The number of hydrogen-bond donors (Lipinski definition) is 2. The van der Waals surface area contributed by atoms with Gasteiger partial charge in [0.2, 0.25) is 0 Å². The summed E-state index contributed by atoms with van der Waals surface area (Å²) in [5, 5.41) is 12.7. The van der Waals surface area contributed by atoms with E-state index in [1.165, 1.54) is 24.4 Å². The number of anilines is 1. The summed E-state index contributed by atoms with van der Waals surface area (Å²) in [6.45, 7) is -0.0918. The number of carbonyl (C=O) groups is 3. The van der Waals surface area contributed by atoms with Gasteiger partial charge in [-0.15, -0.1) is 0 Å². The third kappa shape index (κ3) is 3.55. The number of imide groups is 1. The average molecular weight is 408 g/mol. The molecule has 0 fully saturated rings. The second kappa shape index (κ2) is 7.37. The largest absolute Gasteiger partial charge is 0.508 e. The molecule has 1 aliphatic rings. The summed E-state index contributed by atoms with van der Waals surface area (Å²) < 4.78 is 0. The predicted molar refractivity (Wildman–Crippen MR) is 106 cm³/mol. The zero-order valence-electron chi connectivity index (χ0n) is 14.9. The topological polar surface area (TPSA) is 99.6 Å². The first-order valence-electron chi connectivity index (χ1n) is 8.64. The molecule has 4 rings (SSSR count). The van der Waals surface area contributed by atoms with Crippen molar-refractivity contribution in [3.63, 3.8) is 0 Å². The summed E-state index contributed by atoms with van der Waals surface area (Å²) in [5.41, 5.74) is 1.47. The molecule has 1 aromatic heterocycles. The van der Waals surface area contributed by atoms with Gasteiger partial charge in [0, 0.05) is 16.9 Å². The molecule has 2 aromatic carbocycles. The van der Waals surface area contributed by atoms with Crippen LogP contribution in [0.15, 0.2) is 60.8 Å². The second-order valence-electron chi connectivity index (χ2n) is 6.40. The molecule has 0 aliphatic carbocycles. The lowest BCUT2D eigenvalue weighted by molar-refractivity contribution is 0.0642. The second-order valence-corrected chi connectivity index (χ2v) is 6.83. The Bertz CT molecular complexity index is 1150. The number of nitrogens with zero attached hydrogens (tertiary/aromatic N) is 2. The summed E-state index contributed by atoms with van der Waals surface area (Å²) >= 11 is 6.09. The number of hydrogen-bond acceptors (Lipinski definition) is 5. The quantitative estimate of drug-likeness (QED) is 0.645. The van der Waals surface area contributed by atoms with Crippen molar-refractivity contribution >= 4 is 35.0 Å². The van der Waals surface area contributed by atoms with Gasteiger partial charge in [0.05, 0.1) is 17.7 Å². The standard InChI is InChI=1S/C21H14ClN3O4/c22-13-4-7-17(24-19(27)18-3-1-2-8-23-18)12(9-13)11-25-20(28)15-6-5-14(26)10-16(15)21(25)29/h1-10,26H,11H2,(H,24,27). The third-order valence-corrected chi connectivity index (χ3v) is 4.73. The fourth-order valence-corrected chi connectivity index (χ4v) is 3.29. The van der Waals surface area contributed by atoms with Crippen molar-refractivity contribution in [2.45, 2.75) is 6.54 Å². The number of phenols is 1. The van der Waals surface area contributed by atoms with E-state index in [1.807, 2.05) is 0 Å². The highest BCUT2D eigenvalue weighted by atomic mass is 35.5. The van der Waals surface area contributed by atoms with Crippen LogP contribution in [0.4, 0.5) is 5.69 Å². The Morgan fingerprint density at radius 3 is 2.59 bits per heavy atom. The van der Waals surface area contributed by atoms with Crippen LogP contribution in [0.3, 0.4) is 0 Å². The molecule has 3 aromatic rings. The molecular weight excluding hydrogens is 394 g/mol. The van der Waals surface area contributed by atoms with E-state index < -0.39 is 17.7 Å².